The van der Waals surface area contributed by atoms with E-state index in [2.05, 4.69) is 5.32 Å². The van der Waals surface area contributed by atoms with Gasteiger partial charge in [0.15, 0.2) is 0 Å². The van der Waals surface area contributed by atoms with Gasteiger partial charge in [-0.3, -0.25) is 4.79 Å². The third-order valence-electron chi connectivity index (χ3n) is 1.18. The van der Waals surface area contributed by atoms with Crippen molar-refractivity contribution in [1.82, 2.24) is 5.32 Å². The van der Waals surface area contributed by atoms with Gasteiger partial charge < -0.3 is 10.4 Å². The highest BCUT2D eigenvalue weighted by Gasteiger charge is 1.83. The maximum absolute atomic E-state index is 10.3. The van der Waals surface area contributed by atoms with Crippen LogP contribution in [0.4, 0.5) is 0 Å². The van der Waals surface area contributed by atoms with Gasteiger partial charge in [-0.1, -0.05) is 6.08 Å². The standard InChI is InChI=1S/C8H15NO2/c1-8(11)9-6-4-2-3-5-7-10/h4,6,10H,2-3,5,7H2,1H3,(H,9,11)/b6-4-. The van der Waals surface area contributed by atoms with Crippen molar-refractivity contribution in [2.24, 2.45) is 0 Å². The van der Waals surface area contributed by atoms with Gasteiger partial charge in [-0.25, -0.2) is 0 Å². The number of carbonyl (C=O) groups excluding carboxylic acids is 1. The zero-order valence-electron chi connectivity index (χ0n) is 6.84. The minimum atomic E-state index is -0.0524. The summed E-state index contributed by atoms with van der Waals surface area (Å²) in [7, 11) is 0. The summed E-state index contributed by atoms with van der Waals surface area (Å²) in [5.41, 5.74) is 0. The van der Waals surface area contributed by atoms with Crippen molar-refractivity contribution in [3.8, 4) is 0 Å². The summed E-state index contributed by atoms with van der Waals surface area (Å²) in [4.78, 5) is 10.3. The quantitative estimate of drug-likeness (QED) is 0.580. The zero-order chi connectivity index (χ0) is 8.53. The van der Waals surface area contributed by atoms with Crippen molar-refractivity contribution in [1.29, 1.82) is 0 Å². The van der Waals surface area contributed by atoms with Gasteiger partial charge in [-0.15, -0.1) is 0 Å². The molecule has 0 aliphatic carbocycles. The second-order valence-corrected chi connectivity index (χ2v) is 2.32. The van der Waals surface area contributed by atoms with Crippen LogP contribution in [0.2, 0.25) is 0 Å². The Morgan fingerprint density at radius 2 is 2.27 bits per heavy atom. The van der Waals surface area contributed by atoms with Crippen LogP contribution in [-0.2, 0) is 4.79 Å². The summed E-state index contributed by atoms with van der Waals surface area (Å²) in [5.74, 6) is -0.0524. The highest BCUT2D eigenvalue weighted by atomic mass is 16.2. The van der Waals surface area contributed by atoms with Crippen LogP contribution in [0, 0.1) is 0 Å². The van der Waals surface area contributed by atoms with Gasteiger partial charge in [-0.05, 0) is 25.5 Å². The van der Waals surface area contributed by atoms with Crippen molar-refractivity contribution in [2.75, 3.05) is 6.61 Å². The minimum Gasteiger partial charge on any atom is -0.396 e. The van der Waals surface area contributed by atoms with E-state index in [-0.39, 0.29) is 12.5 Å². The van der Waals surface area contributed by atoms with Crippen LogP contribution in [0.15, 0.2) is 12.3 Å². The van der Waals surface area contributed by atoms with E-state index in [0.29, 0.717) is 0 Å². The predicted molar refractivity (Wildman–Crippen MR) is 43.9 cm³/mol. The molecule has 0 rings (SSSR count). The molecule has 0 bridgehead atoms. The number of aliphatic hydroxyl groups is 1. The molecule has 0 aliphatic heterocycles. The molecule has 0 fully saturated rings. The van der Waals surface area contributed by atoms with Crippen LogP contribution in [0.3, 0.4) is 0 Å². The number of carbonyl (C=O) groups is 1. The fraction of sp³-hybridized carbons (Fsp3) is 0.625. The van der Waals surface area contributed by atoms with Gasteiger partial charge in [0, 0.05) is 13.5 Å². The Balaban J connectivity index is 3.10. The van der Waals surface area contributed by atoms with Crippen molar-refractivity contribution in [2.45, 2.75) is 26.2 Å². The summed E-state index contributed by atoms with van der Waals surface area (Å²) < 4.78 is 0. The smallest absolute Gasteiger partial charge is 0.220 e. The average molecular weight is 157 g/mol. The highest BCUT2D eigenvalue weighted by Crippen LogP contribution is 1.93. The van der Waals surface area contributed by atoms with Crippen molar-refractivity contribution in [3.63, 3.8) is 0 Å². The molecule has 0 radical (unpaired) electrons. The number of amides is 1. The molecule has 0 atom stereocenters. The monoisotopic (exact) mass is 157 g/mol. The van der Waals surface area contributed by atoms with E-state index in [1.54, 1.807) is 6.20 Å². The number of aliphatic hydroxyl groups excluding tert-OH is 1. The Morgan fingerprint density at radius 1 is 1.55 bits per heavy atom. The molecule has 11 heavy (non-hydrogen) atoms. The number of nitrogens with one attached hydrogen (secondary N) is 1. The molecular weight excluding hydrogens is 142 g/mol. The summed E-state index contributed by atoms with van der Waals surface area (Å²) in [6.45, 7) is 1.71. The lowest BCUT2D eigenvalue weighted by molar-refractivity contribution is -0.118. The normalized spacial score (nSPS) is 10.4. The predicted octanol–water partition coefficient (Wildman–Crippen LogP) is 0.799. The lowest BCUT2D eigenvalue weighted by Crippen LogP contribution is -2.11. The second kappa shape index (κ2) is 7.28. The molecule has 0 aromatic rings. The molecule has 0 heterocycles. The van der Waals surface area contributed by atoms with E-state index >= 15 is 0 Å². The van der Waals surface area contributed by atoms with E-state index in [1.165, 1.54) is 6.92 Å². The van der Waals surface area contributed by atoms with E-state index in [1.807, 2.05) is 6.08 Å². The average Bonchev–Trinajstić information content (AvgIpc) is 1.96. The van der Waals surface area contributed by atoms with E-state index in [4.69, 9.17) is 5.11 Å². The molecule has 0 saturated carbocycles. The molecule has 0 aromatic carbocycles. The molecule has 0 saturated heterocycles. The molecule has 64 valence electrons. The van der Waals surface area contributed by atoms with Crippen LogP contribution in [0.5, 0.6) is 0 Å². The zero-order valence-corrected chi connectivity index (χ0v) is 6.84. The first-order chi connectivity index (χ1) is 5.27. The van der Waals surface area contributed by atoms with Gasteiger partial charge in [0.25, 0.3) is 0 Å². The Bertz CT molecular complexity index is 132. The topological polar surface area (TPSA) is 49.3 Å². The van der Waals surface area contributed by atoms with Gasteiger partial charge in [0.1, 0.15) is 0 Å². The molecule has 3 heteroatoms. The number of unbranched alkanes of at least 4 members (excludes halogenated alkanes) is 2. The van der Waals surface area contributed by atoms with Crippen LogP contribution in [-0.4, -0.2) is 17.6 Å². The Kier molecular flexibility index (Phi) is 6.73. The van der Waals surface area contributed by atoms with Crippen LogP contribution in [0.25, 0.3) is 0 Å². The van der Waals surface area contributed by atoms with Gasteiger partial charge in [-0.2, -0.15) is 0 Å². The molecule has 0 unspecified atom stereocenters. The molecule has 0 aliphatic rings. The Labute approximate surface area is 67.1 Å². The number of allylic oxidation sites excluding steroid dienone is 1. The summed E-state index contributed by atoms with van der Waals surface area (Å²) in [6.07, 6.45) is 6.22. The van der Waals surface area contributed by atoms with Crippen LogP contribution >= 0.6 is 0 Å². The van der Waals surface area contributed by atoms with E-state index in [0.717, 1.165) is 19.3 Å². The van der Waals surface area contributed by atoms with Gasteiger partial charge >= 0.3 is 0 Å². The van der Waals surface area contributed by atoms with Gasteiger partial charge in [0.2, 0.25) is 5.91 Å². The fourth-order valence-corrected chi connectivity index (χ4v) is 0.634. The maximum Gasteiger partial charge on any atom is 0.220 e. The molecule has 1 amide bonds. The van der Waals surface area contributed by atoms with Crippen molar-refractivity contribution in [3.05, 3.63) is 12.3 Å². The number of hydrogen-bond donors (Lipinski definition) is 2. The summed E-state index contributed by atoms with van der Waals surface area (Å²) >= 11 is 0. The highest BCUT2D eigenvalue weighted by molar-refractivity contribution is 5.73. The number of hydrogen-bond acceptors (Lipinski definition) is 2. The third-order valence-corrected chi connectivity index (χ3v) is 1.18. The SMILES string of the molecule is CC(=O)N/C=C\CCCCO. The lowest BCUT2D eigenvalue weighted by atomic mass is 10.2. The van der Waals surface area contributed by atoms with E-state index < -0.39 is 0 Å². The lowest BCUT2D eigenvalue weighted by Gasteiger charge is -1.92. The molecule has 0 aromatic heterocycles. The number of rotatable bonds is 5. The first kappa shape index (κ1) is 10.2. The molecule has 2 N–H and O–H groups in total. The summed E-state index contributed by atoms with van der Waals surface area (Å²) in [6, 6.07) is 0. The van der Waals surface area contributed by atoms with Crippen LogP contribution in [0.1, 0.15) is 26.2 Å². The first-order valence-electron chi connectivity index (χ1n) is 3.80. The summed E-state index contributed by atoms with van der Waals surface area (Å²) in [5, 5.41) is 11.0. The largest absolute Gasteiger partial charge is 0.396 e. The Hall–Kier alpha value is -0.830. The molecular formula is C8H15NO2. The third kappa shape index (κ3) is 9.17. The van der Waals surface area contributed by atoms with Crippen molar-refractivity contribution < 1.29 is 9.90 Å². The van der Waals surface area contributed by atoms with Gasteiger partial charge in [0.05, 0.1) is 0 Å². The second-order valence-electron chi connectivity index (χ2n) is 2.32. The van der Waals surface area contributed by atoms with Crippen molar-refractivity contribution >= 4 is 5.91 Å². The Morgan fingerprint density at radius 3 is 2.82 bits per heavy atom. The fourth-order valence-electron chi connectivity index (χ4n) is 0.634. The molecule has 0 spiro atoms. The first-order valence-corrected chi connectivity index (χ1v) is 3.80. The van der Waals surface area contributed by atoms with E-state index in [9.17, 15) is 4.79 Å². The minimum absolute atomic E-state index is 0.0524. The van der Waals surface area contributed by atoms with Crippen LogP contribution < -0.4 is 5.32 Å². The maximum atomic E-state index is 10.3. The molecule has 3 nitrogen and oxygen atoms in total.